The average Bonchev–Trinajstić information content (AvgIpc) is 2.89. The Labute approximate surface area is 111 Å². The minimum Gasteiger partial charge on any atom is -0.478 e. The summed E-state index contributed by atoms with van der Waals surface area (Å²) in [4.78, 5) is 13.2. The molecule has 0 aliphatic rings. The number of carbonyl (C=O) groups is 1. The second-order valence-corrected chi connectivity index (χ2v) is 4.14. The second kappa shape index (κ2) is 5.48. The minimum absolute atomic E-state index is 0.202. The van der Waals surface area contributed by atoms with Crippen LogP contribution in [0.1, 0.15) is 23.0 Å². The third-order valence-electron chi connectivity index (χ3n) is 2.92. The van der Waals surface area contributed by atoms with Crippen molar-refractivity contribution in [2.24, 2.45) is 0 Å². The molecule has 0 unspecified atom stereocenters. The number of nitrogens with two attached hydrogens (primary N) is 1. The molecule has 0 bridgehead atoms. The van der Waals surface area contributed by atoms with Crippen LogP contribution >= 0.6 is 0 Å². The molecule has 0 aliphatic carbocycles. The standard InChI is InChI=1S/C14H16N2O3/c1-2-16(9-10-5-4-8-19-10)13-11(14(17)18)6-3-7-12(13)15/h3-8H,2,9,15H2,1H3,(H,17,18). The van der Waals surface area contributed by atoms with Crippen molar-refractivity contribution in [1.29, 1.82) is 0 Å². The van der Waals surface area contributed by atoms with Crippen LogP contribution in [0.15, 0.2) is 41.0 Å². The van der Waals surface area contributed by atoms with Crippen LogP contribution < -0.4 is 10.6 Å². The quantitative estimate of drug-likeness (QED) is 0.808. The summed E-state index contributed by atoms with van der Waals surface area (Å²) in [6.07, 6.45) is 1.59. The average molecular weight is 260 g/mol. The van der Waals surface area contributed by atoms with E-state index in [1.165, 1.54) is 0 Å². The molecule has 0 radical (unpaired) electrons. The topological polar surface area (TPSA) is 79.7 Å². The van der Waals surface area contributed by atoms with Gasteiger partial charge in [-0.1, -0.05) is 6.07 Å². The summed E-state index contributed by atoms with van der Waals surface area (Å²) < 4.78 is 5.30. The molecule has 0 saturated carbocycles. The molecule has 1 heterocycles. The van der Waals surface area contributed by atoms with E-state index >= 15 is 0 Å². The Balaban J connectivity index is 2.40. The lowest BCUT2D eigenvalue weighted by Crippen LogP contribution is -2.25. The molecule has 0 aliphatic heterocycles. The number of nitrogens with zero attached hydrogens (tertiary/aromatic N) is 1. The highest BCUT2D eigenvalue weighted by Gasteiger charge is 2.18. The summed E-state index contributed by atoms with van der Waals surface area (Å²) in [5, 5.41) is 9.25. The first-order valence-corrected chi connectivity index (χ1v) is 6.02. The number of carboxylic acid groups (broad SMARTS) is 1. The summed E-state index contributed by atoms with van der Waals surface area (Å²) in [5.41, 5.74) is 7.12. The number of rotatable bonds is 5. The number of benzene rings is 1. The van der Waals surface area contributed by atoms with Gasteiger partial charge in [0.25, 0.3) is 0 Å². The van der Waals surface area contributed by atoms with E-state index < -0.39 is 5.97 Å². The molecule has 0 atom stereocenters. The molecule has 0 fully saturated rings. The number of aromatic carboxylic acids is 1. The number of para-hydroxylation sites is 1. The van der Waals surface area contributed by atoms with Crippen molar-refractivity contribution >= 4 is 17.3 Å². The first kappa shape index (κ1) is 13.0. The highest BCUT2D eigenvalue weighted by molar-refractivity contribution is 5.97. The number of anilines is 2. The molecule has 1 aromatic carbocycles. The largest absolute Gasteiger partial charge is 0.478 e. The zero-order chi connectivity index (χ0) is 13.8. The second-order valence-electron chi connectivity index (χ2n) is 4.14. The van der Waals surface area contributed by atoms with Crippen molar-refractivity contribution < 1.29 is 14.3 Å². The zero-order valence-electron chi connectivity index (χ0n) is 10.7. The molecule has 5 nitrogen and oxygen atoms in total. The van der Waals surface area contributed by atoms with Crippen molar-refractivity contribution in [3.63, 3.8) is 0 Å². The van der Waals surface area contributed by atoms with Gasteiger partial charge in [0.15, 0.2) is 0 Å². The van der Waals surface area contributed by atoms with Crippen LogP contribution in [0.25, 0.3) is 0 Å². The number of nitrogen functional groups attached to an aromatic ring is 1. The van der Waals surface area contributed by atoms with E-state index in [0.29, 0.717) is 24.5 Å². The molecular weight excluding hydrogens is 244 g/mol. The van der Waals surface area contributed by atoms with Crippen molar-refractivity contribution in [3.8, 4) is 0 Å². The molecule has 0 saturated heterocycles. The smallest absolute Gasteiger partial charge is 0.337 e. The molecule has 0 spiro atoms. The molecule has 3 N–H and O–H groups in total. The molecule has 2 rings (SSSR count). The third-order valence-corrected chi connectivity index (χ3v) is 2.92. The first-order chi connectivity index (χ1) is 9.13. The predicted octanol–water partition coefficient (Wildman–Crippen LogP) is 2.59. The number of furan rings is 1. The normalized spacial score (nSPS) is 10.4. The van der Waals surface area contributed by atoms with E-state index in [1.807, 2.05) is 17.9 Å². The molecule has 2 aromatic rings. The van der Waals surface area contributed by atoms with Crippen LogP contribution in [-0.4, -0.2) is 17.6 Å². The van der Waals surface area contributed by atoms with E-state index in [9.17, 15) is 9.90 Å². The van der Waals surface area contributed by atoms with E-state index in [2.05, 4.69) is 0 Å². The monoisotopic (exact) mass is 260 g/mol. The van der Waals surface area contributed by atoms with Gasteiger partial charge in [-0.05, 0) is 31.2 Å². The van der Waals surface area contributed by atoms with E-state index in [0.717, 1.165) is 5.76 Å². The maximum absolute atomic E-state index is 11.3. The Bertz CT molecular complexity index is 564. The fraction of sp³-hybridized carbons (Fsp3) is 0.214. The van der Waals surface area contributed by atoms with Gasteiger partial charge >= 0.3 is 5.97 Å². The van der Waals surface area contributed by atoms with E-state index in [4.69, 9.17) is 10.2 Å². The lowest BCUT2D eigenvalue weighted by Gasteiger charge is -2.25. The SMILES string of the molecule is CCN(Cc1ccco1)c1c(N)cccc1C(=O)O. The van der Waals surface area contributed by atoms with Crippen molar-refractivity contribution in [2.75, 3.05) is 17.2 Å². The summed E-state index contributed by atoms with van der Waals surface area (Å²) >= 11 is 0. The molecule has 1 aromatic heterocycles. The van der Waals surface area contributed by atoms with Gasteiger partial charge in [-0.3, -0.25) is 0 Å². The van der Waals surface area contributed by atoms with Crippen LogP contribution in [0.3, 0.4) is 0 Å². The van der Waals surface area contributed by atoms with Gasteiger partial charge in [-0.25, -0.2) is 4.79 Å². The highest BCUT2D eigenvalue weighted by atomic mass is 16.4. The Kier molecular flexibility index (Phi) is 3.75. The maximum atomic E-state index is 11.3. The fourth-order valence-electron chi connectivity index (χ4n) is 2.03. The number of hydrogen-bond donors (Lipinski definition) is 2. The van der Waals surface area contributed by atoms with Gasteiger partial charge in [-0.2, -0.15) is 0 Å². The van der Waals surface area contributed by atoms with E-state index in [-0.39, 0.29) is 5.56 Å². The fourth-order valence-corrected chi connectivity index (χ4v) is 2.03. The summed E-state index contributed by atoms with van der Waals surface area (Å²) in [6, 6.07) is 8.55. The summed E-state index contributed by atoms with van der Waals surface area (Å²) in [5.74, 6) is -0.221. The van der Waals surface area contributed by atoms with Gasteiger partial charge < -0.3 is 20.2 Å². The van der Waals surface area contributed by atoms with Crippen LogP contribution in [0, 0.1) is 0 Å². The van der Waals surface area contributed by atoms with Gasteiger partial charge in [0.1, 0.15) is 5.76 Å². The summed E-state index contributed by atoms with van der Waals surface area (Å²) in [6.45, 7) is 3.06. The van der Waals surface area contributed by atoms with Crippen LogP contribution in [-0.2, 0) is 6.54 Å². The Morgan fingerprint density at radius 3 is 2.74 bits per heavy atom. The highest BCUT2D eigenvalue weighted by Crippen LogP contribution is 2.29. The van der Waals surface area contributed by atoms with Gasteiger partial charge in [0, 0.05) is 6.54 Å². The number of hydrogen-bond acceptors (Lipinski definition) is 4. The third kappa shape index (κ3) is 2.70. The zero-order valence-corrected chi connectivity index (χ0v) is 10.7. The van der Waals surface area contributed by atoms with Gasteiger partial charge in [0.05, 0.1) is 29.7 Å². The molecule has 100 valence electrons. The lowest BCUT2D eigenvalue weighted by molar-refractivity contribution is 0.0697. The van der Waals surface area contributed by atoms with Crippen molar-refractivity contribution in [1.82, 2.24) is 0 Å². The number of carboxylic acids is 1. The molecule has 19 heavy (non-hydrogen) atoms. The van der Waals surface area contributed by atoms with Gasteiger partial charge in [0.2, 0.25) is 0 Å². The van der Waals surface area contributed by atoms with Crippen molar-refractivity contribution in [3.05, 3.63) is 47.9 Å². The molecule has 0 amide bonds. The summed E-state index contributed by atoms with van der Waals surface area (Å²) in [7, 11) is 0. The Hall–Kier alpha value is -2.43. The van der Waals surface area contributed by atoms with Gasteiger partial charge in [-0.15, -0.1) is 0 Å². The Morgan fingerprint density at radius 2 is 2.16 bits per heavy atom. The van der Waals surface area contributed by atoms with Crippen LogP contribution in [0.5, 0.6) is 0 Å². The van der Waals surface area contributed by atoms with Crippen LogP contribution in [0.2, 0.25) is 0 Å². The minimum atomic E-state index is -0.986. The molecular formula is C14H16N2O3. The lowest BCUT2D eigenvalue weighted by atomic mass is 10.1. The van der Waals surface area contributed by atoms with Crippen LogP contribution in [0.4, 0.5) is 11.4 Å². The molecule has 5 heteroatoms. The maximum Gasteiger partial charge on any atom is 0.337 e. The Morgan fingerprint density at radius 1 is 1.37 bits per heavy atom. The predicted molar refractivity (Wildman–Crippen MR) is 73.2 cm³/mol. The van der Waals surface area contributed by atoms with Crippen molar-refractivity contribution in [2.45, 2.75) is 13.5 Å². The first-order valence-electron chi connectivity index (χ1n) is 6.02. The van der Waals surface area contributed by atoms with E-state index in [1.54, 1.807) is 30.5 Å².